The summed E-state index contributed by atoms with van der Waals surface area (Å²) in [6, 6.07) is 10.1. The number of ether oxygens (including phenoxy) is 4. The van der Waals surface area contributed by atoms with Crippen LogP contribution in [0.2, 0.25) is 0 Å². The second kappa shape index (κ2) is 25.5. The molecular formula is C40H69N7O9. The minimum atomic E-state index is -0.753. The Morgan fingerprint density at radius 1 is 0.661 bits per heavy atom. The smallest absolute Gasteiger partial charge is 0.414 e. The lowest BCUT2D eigenvalue weighted by Crippen LogP contribution is -2.47. The third-order valence-corrected chi connectivity index (χ3v) is 7.31. The minimum Gasteiger partial charge on any atom is -0.444 e. The van der Waals surface area contributed by atoms with Crippen molar-refractivity contribution >= 4 is 36.2 Å². The first-order chi connectivity index (χ1) is 26.1. The van der Waals surface area contributed by atoms with Crippen molar-refractivity contribution in [2.24, 2.45) is 4.99 Å². The van der Waals surface area contributed by atoms with E-state index in [1.165, 1.54) is 5.56 Å². The molecule has 0 saturated carbocycles. The van der Waals surface area contributed by atoms with E-state index in [9.17, 15) is 24.0 Å². The Kier molecular flexibility index (Phi) is 22.5. The number of alkyl carbamates (subject to hydrolysis) is 4. The van der Waals surface area contributed by atoms with E-state index in [4.69, 9.17) is 18.9 Å². The molecule has 1 aromatic rings. The van der Waals surface area contributed by atoms with Gasteiger partial charge in [-0.3, -0.25) is 25.3 Å². The molecule has 318 valence electrons. The fourth-order valence-corrected chi connectivity index (χ4v) is 4.87. The molecule has 16 heteroatoms. The van der Waals surface area contributed by atoms with Crippen LogP contribution in [-0.4, -0.2) is 103 Å². The molecule has 0 heterocycles. The number of unbranched alkanes of at least 4 members (excludes halogenated alkanes) is 4. The molecule has 5 amide bonds. The van der Waals surface area contributed by atoms with Gasteiger partial charge in [-0.15, -0.1) is 0 Å². The zero-order chi connectivity index (χ0) is 42.2. The van der Waals surface area contributed by atoms with Crippen LogP contribution in [0, 0.1) is 0 Å². The number of carbonyl (C=O) groups is 5. The van der Waals surface area contributed by atoms with E-state index in [1.54, 1.807) is 41.5 Å². The second-order valence-electron chi connectivity index (χ2n) is 16.6. The predicted octanol–water partition coefficient (Wildman–Crippen LogP) is 6.38. The molecule has 0 saturated heterocycles. The Hall–Kier alpha value is -4.60. The third kappa shape index (κ3) is 28.8. The van der Waals surface area contributed by atoms with Crippen LogP contribution in [0.1, 0.15) is 120 Å². The van der Waals surface area contributed by atoms with Gasteiger partial charge in [-0.2, -0.15) is 0 Å². The van der Waals surface area contributed by atoms with Gasteiger partial charge in [-0.05, 0) is 113 Å². The fraction of sp³-hybridized carbons (Fsp3) is 0.700. The summed E-state index contributed by atoms with van der Waals surface area (Å²) in [7, 11) is 0. The number of hydrogen-bond acceptors (Lipinski definition) is 11. The van der Waals surface area contributed by atoms with Crippen LogP contribution in [0.5, 0.6) is 0 Å². The summed E-state index contributed by atoms with van der Waals surface area (Å²) in [5.74, 6) is -0.453. The van der Waals surface area contributed by atoms with E-state index in [-0.39, 0.29) is 24.5 Å². The van der Waals surface area contributed by atoms with E-state index in [0.29, 0.717) is 32.5 Å². The number of nitrogens with zero attached hydrogens (tertiary/aromatic N) is 2. The van der Waals surface area contributed by atoms with Crippen LogP contribution in [0.15, 0.2) is 35.3 Å². The van der Waals surface area contributed by atoms with Crippen molar-refractivity contribution in [1.82, 2.24) is 31.5 Å². The van der Waals surface area contributed by atoms with Gasteiger partial charge >= 0.3 is 24.4 Å². The lowest BCUT2D eigenvalue weighted by molar-refractivity contribution is -0.124. The molecule has 0 aliphatic rings. The van der Waals surface area contributed by atoms with Crippen molar-refractivity contribution in [3.05, 3.63) is 35.9 Å². The zero-order valence-electron chi connectivity index (χ0n) is 35.4. The number of carbonyl (C=O) groups excluding carboxylic acids is 5. The second-order valence-corrected chi connectivity index (χ2v) is 16.6. The average Bonchev–Trinajstić information content (AvgIpc) is 3.04. The molecule has 1 rings (SSSR count). The first kappa shape index (κ1) is 49.4. The first-order valence-electron chi connectivity index (χ1n) is 19.6. The summed E-state index contributed by atoms with van der Waals surface area (Å²) in [5, 5.41) is 13.3. The molecule has 0 fully saturated rings. The summed E-state index contributed by atoms with van der Waals surface area (Å²) in [5.41, 5.74) is -0.814. The maximum absolute atomic E-state index is 12.2. The molecule has 0 spiro atoms. The summed E-state index contributed by atoms with van der Waals surface area (Å²) >= 11 is 0. The first-order valence-corrected chi connectivity index (χ1v) is 19.6. The van der Waals surface area contributed by atoms with Gasteiger partial charge in [0.25, 0.3) is 5.91 Å². The van der Waals surface area contributed by atoms with Crippen molar-refractivity contribution in [3.63, 3.8) is 0 Å². The van der Waals surface area contributed by atoms with Crippen LogP contribution >= 0.6 is 0 Å². The molecule has 16 nitrogen and oxygen atoms in total. The number of benzene rings is 1. The summed E-state index contributed by atoms with van der Waals surface area (Å²) in [6.07, 6.45) is 2.71. The van der Waals surface area contributed by atoms with Gasteiger partial charge in [-0.1, -0.05) is 43.2 Å². The van der Waals surface area contributed by atoms with Crippen molar-refractivity contribution in [2.75, 3.05) is 39.3 Å². The lowest BCUT2D eigenvalue weighted by Gasteiger charge is -2.25. The predicted molar refractivity (Wildman–Crippen MR) is 216 cm³/mol. The van der Waals surface area contributed by atoms with Crippen molar-refractivity contribution in [2.45, 2.75) is 144 Å². The Balaban J connectivity index is 2.32. The van der Waals surface area contributed by atoms with Gasteiger partial charge in [0.1, 0.15) is 16.8 Å². The molecule has 0 unspecified atom stereocenters. The standard InChI is InChI=1S/C40H69N7O9/c1-30(44-35(50)54-38(2,3)4)22-27-47(28-31-20-14-13-15-21-31)26-19-18-25-43-34(49)53-29-32(48)41-23-16-11-12-17-24-42-33(45-36(51)55-39(5,6)7)46-37(52)56-40(8,9)10/h13-15,20-21,30H,11-12,16-19,22-29H2,1-10H3,(H,41,48)(H,43,49)(H,44,50)(H2,42,45,46,51,52)/t30-/m1/s1. The molecule has 1 aromatic carbocycles. The number of nitrogens with one attached hydrogen (secondary N) is 5. The third-order valence-electron chi connectivity index (χ3n) is 7.31. The monoisotopic (exact) mass is 792 g/mol. The van der Waals surface area contributed by atoms with Gasteiger partial charge in [0.05, 0.1) is 0 Å². The van der Waals surface area contributed by atoms with Gasteiger partial charge < -0.3 is 34.9 Å². The molecular weight excluding hydrogens is 722 g/mol. The molecule has 0 aliphatic carbocycles. The van der Waals surface area contributed by atoms with Gasteiger partial charge in [-0.25, -0.2) is 19.2 Å². The molecule has 5 N–H and O–H groups in total. The van der Waals surface area contributed by atoms with Crippen molar-refractivity contribution in [3.8, 4) is 0 Å². The zero-order valence-corrected chi connectivity index (χ0v) is 35.4. The van der Waals surface area contributed by atoms with E-state index in [1.807, 2.05) is 45.9 Å². The minimum absolute atomic E-state index is 0.0594. The van der Waals surface area contributed by atoms with E-state index >= 15 is 0 Å². The van der Waals surface area contributed by atoms with E-state index < -0.39 is 41.2 Å². The Bertz CT molecular complexity index is 1340. The summed E-state index contributed by atoms with van der Waals surface area (Å²) < 4.78 is 20.9. The highest BCUT2D eigenvalue weighted by molar-refractivity contribution is 6.01. The summed E-state index contributed by atoms with van der Waals surface area (Å²) in [6.45, 7) is 21.0. The lowest BCUT2D eigenvalue weighted by atomic mass is 10.1. The van der Waals surface area contributed by atoms with Crippen molar-refractivity contribution < 1.29 is 42.9 Å². The number of rotatable bonds is 20. The maximum Gasteiger partial charge on any atom is 0.414 e. The Morgan fingerprint density at radius 2 is 1.20 bits per heavy atom. The van der Waals surface area contributed by atoms with E-state index in [0.717, 1.165) is 51.7 Å². The van der Waals surface area contributed by atoms with Gasteiger partial charge in [0, 0.05) is 38.8 Å². The number of hydrogen-bond donors (Lipinski definition) is 5. The highest BCUT2D eigenvalue weighted by Crippen LogP contribution is 2.11. The highest BCUT2D eigenvalue weighted by atomic mass is 16.6. The van der Waals surface area contributed by atoms with Crippen molar-refractivity contribution in [1.29, 1.82) is 0 Å². The SMILES string of the molecule is C[C@H](CCN(CCCCNC(=O)OCC(=O)NCCCCCCN=C(NC(=O)OC(C)(C)C)NC(=O)OC(C)(C)C)Cc1ccccc1)NC(=O)OC(C)(C)C. The highest BCUT2D eigenvalue weighted by Gasteiger charge is 2.22. The van der Waals surface area contributed by atoms with E-state index in [2.05, 4.69) is 48.6 Å². The Morgan fingerprint density at radius 3 is 1.79 bits per heavy atom. The van der Waals surface area contributed by atoms with Crippen LogP contribution in [0.25, 0.3) is 0 Å². The maximum atomic E-state index is 12.2. The van der Waals surface area contributed by atoms with Gasteiger partial charge in [0.15, 0.2) is 6.61 Å². The Labute approximate surface area is 334 Å². The molecule has 0 bridgehead atoms. The largest absolute Gasteiger partial charge is 0.444 e. The van der Waals surface area contributed by atoms with Crippen LogP contribution in [0.4, 0.5) is 19.2 Å². The topological polar surface area (TPSA) is 198 Å². The van der Waals surface area contributed by atoms with Gasteiger partial charge in [0.2, 0.25) is 5.96 Å². The summed E-state index contributed by atoms with van der Waals surface area (Å²) in [4.78, 5) is 67.5. The van der Waals surface area contributed by atoms with Crippen LogP contribution in [0.3, 0.4) is 0 Å². The number of guanidine groups is 1. The molecule has 1 atom stereocenters. The molecule has 0 radical (unpaired) electrons. The molecule has 0 aliphatic heterocycles. The molecule has 0 aromatic heterocycles. The van der Waals surface area contributed by atoms with Crippen LogP contribution < -0.4 is 26.6 Å². The number of amides is 5. The quantitative estimate of drug-likeness (QED) is 0.0428. The molecule has 56 heavy (non-hydrogen) atoms. The number of aliphatic imine (C=N–C) groups is 1. The van der Waals surface area contributed by atoms with Crippen LogP contribution in [-0.2, 0) is 30.3 Å². The normalized spacial score (nSPS) is 12.1. The average molecular weight is 792 g/mol. The fourth-order valence-electron chi connectivity index (χ4n) is 4.87.